The van der Waals surface area contributed by atoms with Gasteiger partial charge in [0.25, 0.3) is 5.56 Å². The largest absolute Gasteiger partial charge is 0.481 e. The van der Waals surface area contributed by atoms with Crippen LogP contribution in [0.2, 0.25) is 0 Å². The smallest absolute Gasteiger partial charge is 0.281 e. The van der Waals surface area contributed by atoms with Crippen LogP contribution in [0.25, 0.3) is 22.2 Å². The Bertz CT molecular complexity index is 1090. The molecule has 0 atom stereocenters. The summed E-state index contributed by atoms with van der Waals surface area (Å²) in [5, 5.41) is 5.80. The maximum atomic E-state index is 13.1. The molecule has 6 nitrogen and oxygen atoms in total. The lowest BCUT2D eigenvalue weighted by molar-refractivity contribution is 0.397. The van der Waals surface area contributed by atoms with Gasteiger partial charge in [-0.1, -0.05) is 26.0 Å². The van der Waals surface area contributed by atoms with Gasteiger partial charge in [-0.3, -0.25) is 4.79 Å². The molecule has 0 saturated carbocycles. The number of fused-ring (bicyclic) bond motifs is 1. The molecule has 3 aromatic rings. The Morgan fingerprint density at radius 3 is 2.81 bits per heavy atom. The van der Waals surface area contributed by atoms with E-state index in [4.69, 9.17) is 4.74 Å². The van der Waals surface area contributed by atoms with Crippen molar-refractivity contribution in [3.8, 4) is 11.6 Å². The second-order valence-corrected chi connectivity index (χ2v) is 6.40. The van der Waals surface area contributed by atoms with Crippen LogP contribution in [-0.2, 0) is 0 Å². The predicted octanol–water partition coefficient (Wildman–Crippen LogP) is 4.03. The predicted molar refractivity (Wildman–Crippen MR) is 109 cm³/mol. The number of ether oxygens (including phenoxy) is 1. The average molecular weight is 364 g/mol. The maximum Gasteiger partial charge on any atom is 0.281 e. The van der Waals surface area contributed by atoms with Gasteiger partial charge in [0, 0.05) is 29.0 Å². The molecular formula is C21H24N4O2. The molecule has 0 fully saturated rings. The van der Waals surface area contributed by atoms with E-state index in [0.717, 1.165) is 35.3 Å². The van der Waals surface area contributed by atoms with E-state index in [2.05, 4.69) is 23.6 Å². The lowest BCUT2D eigenvalue weighted by atomic mass is 10.2. The van der Waals surface area contributed by atoms with Gasteiger partial charge in [-0.15, -0.1) is 0 Å². The number of hydrogen-bond acceptors (Lipinski definition) is 4. The molecule has 140 valence electrons. The summed E-state index contributed by atoms with van der Waals surface area (Å²) in [5.74, 6) is 0.522. The maximum absolute atomic E-state index is 13.1. The number of hydrogen-bond donors (Lipinski definition) is 0. The Morgan fingerprint density at radius 1 is 1.33 bits per heavy atom. The molecule has 0 aliphatic rings. The van der Waals surface area contributed by atoms with E-state index in [1.165, 1.54) is 4.68 Å². The van der Waals surface area contributed by atoms with Crippen molar-refractivity contribution in [3.05, 3.63) is 65.0 Å². The molecule has 0 spiro atoms. The Labute approximate surface area is 158 Å². The molecule has 0 saturated heterocycles. The monoisotopic (exact) mass is 364 g/mol. The number of allylic oxidation sites excluding steroid dienone is 3. The minimum Gasteiger partial charge on any atom is -0.481 e. The SMILES string of the molecule is C=C(/C=C\CCC)n1ncc2c(C)n(-c3ccnc(OC)c3)c(C)c2c1=O. The second-order valence-electron chi connectivity index (χ2n) is 6.40. The van der Waals surface area contributed by atoms with E-state index in [0.29, 0.717) is 17.0 Å². The first-order valence-corrected chi connectivity index (χ1v) is 8.95. The summed E-state index contributed by atoms with van der Waals surface area (Å²) >= 11 is 0. The van der Waals surface area contributed by atoms with Crippen molar-refractivity contribution in [1.82, 2.24) is 19.3 Å². The summed E-state index contributed by atoms with van der Waals surface area (Å²) in [6, 6.07) is 3.73. The average Bonchev–Trinajstić information content (AvgIpc) is 2.93. The Kier molecular flexibility index (Phi) is 5.26. The van der Waals surface area contributed by atoms with Crippen molar-refractivity contribution < 1.29 is 4.74 Å². The summed E-state index contributed by atoms with van der Waals surface area (Å²) in [7, 11) is 1.58. The highest BCUT2D eigenvalue weighted by atomic mass is 16.5. The summed E-state index contributed by atoms with van der Waals surface area (Å²) in [6.45, 7) is 10.00. The van der Waals surface area contributed by atoms with E-state index < -0.39 is 0 Å². The first-order chi connectivity index (χ1) is 13.0. The highest BCUT2D eigenvalue weighted by Crippen LogP contribution is 2.27. The van der Waals surface area contributed by atoms with Crippen LogP contribution in [0.15, 0.2) is 48.1 Å². The van der Waals surface area contributed by atoms with Crippen LogP contribution in [0, 0.1) is 13.8 Å². The van der Waals surface area contributed by atoms with E-state index in [1.54, 1.807) is 19.5 Å². The van der Waals surface area contributed by atoms with Crippen LogP contribution in [-0.4, -0.2) is 26.4 Å². The lowest BCUT2D eigenvalue weighted by Crippen LogP contribution is -2.21. The van der Waals surface area contributed by atoms with Crippen LogP contribution in [0.3, 0.4) is 0 Å². The van der Waals surface area contributed by atoms with Crippen molar-refractivity contribution in [1.29, 1.82) is 0 Å². The Morgan fingerprint density at radius 2 is 2.11 bits per heavy atom. The highest BCUT2D eigenvalue weighted by molar-refractivity contribution is 5.88. The highest BCUT2D eigenvalue weighted by Gasteiger charge is 2.18. The summed E-state index contributed by atoms with van der Waals surface area (Å²) in [5.41, 5.74) is 3.08. The molecule has 0 aliphatic heterocycles. The Hall–Kier alpha value is -3.15. The molecule has 0 bridgehead atoms. The van der Waals surface area contributed by atoms with Crippen molar-refractivity contribution in [2.24, 2.45) is 0 Å². The first kappa shape index (κ1) is 18.6. The van der Waals surface area contributed by atoms with E-state index in [1.807, 2.05) is 42.7 Å². The van der Waals surface area contributed by atoms with Gasteiger partial charge >= 0.3 is 0 Å². The third kappa shape index (κ3) is 3.30. The molecule has 0 radical (unpaired) electrons. The molecule has 0 aliphatic carbocycles. The molecule has 3 aromatic heterocycles. The third-order valence-electron chi connectivity index (χ3n) is 4.62. The van der Waals surface area contributed by atoms with Gasteiger partial charge < -0.3 is 9.30 Å². The quantitative estimate of drug-likeness (QED) is 0.620. The zero-order valence-electron chi connectivity index (χ0n) is 16.2. The third-order valence-corrected chi connectivity index (χ3v) is 4.62. The number of unbranched alkanes of at least 4 members (excludes halogenated alkanes) is 1. The minimum absolute atomic E-state index is 0.168. The van der Waals surface area contributed by atoms with E-state index in [9.17, 15) is 4.79 Å². The molecule has 0 N–H and O–H groups in total. The summed E-state index contributed by atoms with van der Waals surface area (Å²) < 4.78 is 8.61. The van der Waals surface area contributed by atoms with Gasteiger partial charge in [-0.2, -0.15) is 9.78 Å². The number of methoxy groups -OCH3 is 1. The van der Waals surface area contributed by atoms with E-state index in [-0.39, 0.29) is 5.56 Å². The molecule has 27 heavy (non-hydrogen) atoms. The van der Waals surface area contributed by atoms with Gasteiger partial charge in [0.2, 0.25) is 5.88 Å². The van der Waals surface area contributed by atoms with Crippen molar-refractivity contribution in [2.45, 2.75) is 33.6 Å². The fraction of sp³-hybridized carbons (Fsp3) is 0.286. The normalized spacial score (nSPS) is 11.4. The van der Waals surface area contributed by atoms with Gasteiger partial charge in [0.05, 0.1) is 30.1 Å². The fourth-order valence-electron chi connectivity index (χ4n) is 3.26. The number of aryl methyl sites for hydroxylation is 2. The van der Waals surface area contributed by atoms with Crippen LogP contribution < -0.4 is 10.3 Å². The van der Waals surface area contributed by atoms with Crippen molar-refractivity contribution in [2.75, 3.05) is 7.11 Å². The lowest BCUT2D eigenvalue weighted by Gasteiger charge is -2.10. The van der Waals surface area contributed by atoms with Gasteiger partial charge in [0.15, 0.2) is 0 Å². The molecular weight excluding hydrogens is 340 g/mol. The summed E-state index contributed by atoms with van der Waals surface area (Å²) in [6.07, 6.45) is 9.25. The standard InChI is InChI=1S/C21H24N4O2/c1-6-7-8-9-14(2)25-21(26)20-16(4)24(15(3)18(20)13-23-25)17-10-11-22-19(12-17)27-5/h8-13H,2,6-7H2,1,3-5H3/b9-8-. The molecule has 0 amide bonds. The first-order valence-electron chi connectivity index (χ1n) is 8.95. The van der Waals surface area contributed by atoms with Crippen molar-refractivity contribution in [3.63, 3.8) is 0 Å². The van der Waals surface area contributed by atoms with Crippen LogP contribution in [0.5, 0.6) is 5.88 Å². The zero-order valence-corrected chi connectivity index (χ0v) is 16.2. The molecule has 0 unspecified atom stereocenters. The Balaban J connectivity index is 2.18. The molecule has 0 aromatic carbocycles. The van der Waals surface area contributed by atoms with Crippen molar-refractivity contribution >= 4 is 16.5 Å². The second kappa shape index (κ2) is 7.61. The molecule has 3 heterocycles. The van der Waals surface area contributed by atoms with Crippen LogP contribution >= 0.6 is 0 Å². The topological polar surface area (TPSA) is 61.9 Å². The number of aromatic nitrogens is 4. The van der Waals surface area contributed by atoms with Gasteiger partial charge in [-0.05, 0) is 32.4 Å². The van der Waals surface area contributed by atoms with E-state index >= 15 is 0 Å². The minimum atomic E-state index is -0.168. The van der Waals surface area contributed by atoms with Gasteiger partial charge in [0.1, 0.15) is 0 Å². The number of nitrogens with zero attached hydrogens (tertiary/aromatic N) is 4. The molecule has 6 heteroatoms. The fourth-order valence-corrected chi connectivity index (χ4v) is 3.26. The number of pyridine rings is 1. The molecule has 3 rings (SSSR count). The van der Waals surface area contributed by atoms with Crippen LogP contribution in [0.4, 0.5) is 0 Å². The summed E-state index contributed by atoms with van der Waals surface area (Å²) in [4.78, 5) is 17.3. The zero-order chi connectivity index (χ0) is 19.6. The van der Waals surface area contributed by atoms with Crippen LogP contribution in [0.1, 0.15) is 31.2 Å². The van der Waals surface area contributed by atoms with Gasteiger partial charge in [-0.25, -0.2) is 4.98 Å². The number of rotatable bonds is 6.